The van der Waals surface area contributed by atoms with Crippen LogP contribution in [0.25, 0.3) is 11.3 Å². The molecule has 1 atom stereocenters. The van der Waals surface area contributed by atoms with Gasteiger partial charge in [-0.15, -0.1) is 11.3 Å². The van der Waals surface area contributed by atoms with Crippen LogP contribution in [0.1, 0.15) is 37.8 Å². The predicted molar refractivity (Wildman–Crippen MR) is 117 cm³/mol. The maximum atomic E-state index is 11.8. The number of aryl methyl sites for hydroxylation is 1. The zero-order chi connectivity index (χ0) is 22.6. The fourth-order valence-corrected chi connectivity index (χ4v) is 3.50. The molecule has 0 unspecified atom stereocenters. The van der Waals surface area contributed by atoms with Gasteiger partial charge in [0.2, 0.25) is 0 Å². The molecule has 11 heteroatoms. The van der Waals surface area contributed by atoms with E-state index in [2.05, 4.69) is 25.9 Å². The number of carboxylic acids is 2. The Hall–Kier alpha value is -3.21. The molecule has 31 heavy (non-hydrogen) atoms. The van der Waals surface area contributed by atoms with Crippen LogP contribution in [-0.2, 0) is 9.59 Å². The summed E-state index contributed by atoms with van der Waals surface area (Å²) in [6.45, 7) is 3.10. The molecule has 168 valence electrons. The standard InChI is InChI=1S/C20H27N5O5S/c1-13-11-14(7-10-21-13)16-12-31-20(25-16)23-9-4-2-3-8-22-19(30)24-15(18(28)29)5-6-17(26)27/h7,10-12,15H,2-6,8-9H2,1H3,(H,23,25)(H,26,27)(H,28,29)(H2,22,24,30)/t15-/m0/s1. The number of hydrogen-bond acceptors (Lipinski definition) is 7. The van der Waals surface area contributed by atoms with Crippen LogP contribution < -0.4 is 16.0 Å². The quantitative estimate of drug-likeness (QED) is 0.293. The van der Waals surface area contributed by atoms with Crippen molar-refractivity contribution >= 4 is 34.4 Å². The van der Waals surface area contributed by atoms with Crippen molar-refractivity contribution in [3.63, 3.8) is 0 Å². The van der Waals surface area contributed by atoms with Crippen molar-refractivity contribution in [2.75, 3.05) is 18.4 Å². The fraction of sp³-hybridized carbons (Fsp3) is 0.450. The number of urea groups is 1. The molecule has 0 bridgehead atoms. The number of nitrogens with zero attached hydrogens (tertiary/aromatic N) is 2. The minimum Gasteiger partial charge on any atom is -0.481 e. The first-order valence-electron chi connectivity index (χ1n) is 9.96. The molecule has 2 aromatic rings. The van der Waals surface area contributed by atoms with E-state index in [0.717, 1.165) is 47.9 Å². The summed E-state index contributed by atoms with van der Waals surface area (Å²) in [5.74, 6) is -2.37. The summed E-state index contributed by atoms with van der Waals surface area (Å²) in [4.78, 5) is 42.1. The van der Waals surface area contributed by atoms with E-state index in [1.165, 1.54) is 0 Å². The Labute approximate surface area is 184 Å². The number of rotatable bonds is 13. The lowest BCUT2D eigenvalue weighted by Crippen LogP contribution is -2.46. The molecule has 2 aromatic heterocycles. The third kappa shape index (κ3) is 8.99. The van der Waals surface area contributed by atoms with Crippen LogP contribution in [-0.4, -0.2) is 57.3 Å². The van der Waals surface area contributed by atoms with Gasteiger partial charge in [0.25, 0.3) is 0 Å². The maximum absolute atomic E-state index is 11.8. The van der Waals surface area contributed by atoms with Gasteiger partial charge in [0.15, 0.2) is 5.13 Å². The summed E-state index contributed by atoms with van der Waals surface area (Å²) in [5.41, 5.74) is 2.89. The number of amides is 2. The normalized spacial score (nSPS) is 11.5. The lowest BCUT2D eigenvalue weighted by atomic mass is 10.1. The van der Waals surface area contributed by atoms with Gasteiger partial charge < -0.3 is 26.2 Å². The van der Waals surface area contributed by atoms with Gasteiger partial charge in [-0.3, -0.25) is 9.78 Å². The molecule has 2 heterocycles. The number of aromatic nitrogens is 2. The van der Waals surface area contributed by atoms with Crippen LogP contribution in [0.5, 0.6) is 0 Å². The second-order valence-electron chi connectivity index (χ2n) is 6.93. The molecule has 0 saturated carbocycles. The van der Waals surface area contributed by atoms with Crippen LogP contribution in [0.3, 0.4) is 0 Å². The zero-order valence-electron chi connectivity index (χ0n) is 17.3. The van der Waals surface area contributed by atoms with Crippen molar-refractivity contribution < 1.29 is 24.6 Å². The van der Waals surface area contributed by atoms with Gasteiger partial charge in [0.1, 0.15) is 6.04 Å². The number of aliphatic carboxylic acids is 2. The highest BCUT2D eigenvalue weighted by Gasteiger charge is 2.20. The van der Waals surface area contributed by atoms with E-state index in [1.54, 1.807) is 17.5 Å². The molecular weight excluding hydrogens is 422 g/mol. The van der Waals surface area contributed by atoms with Crippen molar-refractivity contribution in [1.29, 1.82) is 0 Å². The maximum Gasteiger partial charge on any atom is 0.326 e. The van der Waals surface area contributed by atoms with Crippen molar-refractivity contribution in [1.82, 2.24) is 20.6 Å². The summed E-state index contributed by atoms with van der Waals surface area (Å²) in [5, 5.41) is 28.7. The predicted octanol–water partition coefficient (Wildman–Crippen LogP) is 2.71. The van der Waals surface area contributed by atoms with Crippen LogP contribution >= 0.6 is 11.3 Å². The smallest absolute Gasteiger partial charge is 0.326 e. The first-order valence-corrected chi connectivity index (χ1v) is 10.8. The second-order valence-corrected chi connectivity index (χ2v) is 7.79. The lowest BCUT2D eigenvalue weighted by Gasteiger charge is -2.14. The highest BCUT2D eigenvalue weighted by molar-refractivity contribution is 7.14. The minimum atomic E-state index is -1.26. The minimum absolute atomic E-state index is 0.164. The van der Waals surface area contributed by atoms with Crippen LogP contribution in [0.4, 0.5) is 9.93 Å². The van der Waals surface area contributed by atoms with Gasteiger partial charge in [-0.1, -0.05) is 0 Å². The van der Waals surface area contributed by atoms with Gasteiger partial charge in [0, 0.05) is 42.3 Å². The molecule has 0 aliphatic carbocycles. The Kier molecular flexibility index (Phi) is 9.69. The SMILES string of the molecule is Cc1cc(-c2csc(NCCCCCNC(=O)N[C@@H](CCC(=O)O)C(=O)O)n2)ccn1. The Morgan fingerprint density at radius 1 is 1.16 bits per heavy atom. The summed E-state index contributed by atoms with van der Waals surface area (Å²) in [7, 11) is 0. The van der Waals surface area contributed by atoms with Crippen molar-refractivity contribution in [2.45, 2.75) is 45.1 Å². The summed E-state index contributed by atoms with van der Waals surface area (Å²) in [6.07, 6.45) is 3.78. The summed E-state index contributed by atoms with van der Waals surface area (Å²) in [6, 6.07) is 2.09. The van der Waals surface area contributed by atoms with E-state index in [-0.39, 0.29) is 12.8 Å². The first-order chi connectivity index (χ1) is 14.8. The molecule has 0 aliphatic heterocycles. The van der Waals surface area contributed by atoms with Gasteiger partial charge in [-0.2, -0.15) is 0 Å². The van der Waals surface area contributed by atoms with E-state index >= 15 is 0 Å². The topological polar surface area (TPSA) is 154 Å². The molecule has 0 radical (unpaired) electrons. The monoisotopic (exact) mass is 449 g/mol. The molecule has 0 aromatic carbocycles. The van der Waals surface area contributed by atoms with E-state index in [4.69, 9.17) is 10.2 Å². The average Bonchev–Trinajstić information content (AvgIpc) is 3.19. The zero-order valence-corrected chi connectivity index (χ0v) is 18.1. The van der Waals surface area contributed by atoms with Crippen molar-refractivity contribution in [3.8, 4) is 11.3 Å². The van der Waals surface area contributed by atoms with Crippen LogP contribution in [0.2, 0.25) is 0 Å². The number of carboxylic acid groups (broad SMARTS) is 2. The van der Waals surface area contributed by atoms with Crippen molar-refractivity contribution in [2.24, 2.45) is 0 Å². The Morgan fingerprint density at radius 3 is 2.65 bits per heavy atom. The average molecular weight is 450 g/mol. The number of pyridine rings is 1. The number of anilines is 1. The number of carbonyl (C=O) groups excluding carboxylic acids is 1. The summed E-state index contributed by atoms with van der Waals surface area (Å²) >= 11 is 1.54. The third-order valence-electron chi connectivity index (χ3n) is 4.36. The van der Waals surface area contributed by atoms with Gasteiger partial charge >= 0.3 is 18.0 Å². The second kappa shape index (κ2) is 12.5. The van der Waals surface area contributed by atoms with Crippen LogP contribution in [0, 0.1) is 6.92 Å². The Balaban J connectivity index is 1.59. The fourth-order valence-electron chi connectivity index (χ4n) is 2.75. The van der Waals surface area contributed by atoms with Gasteiger partial charge in [0.05, 0.1) is 5.69 Å². The molecule has 2 rings (SSSR count). The number of nitrogens with one attached hydrogen (secondary N) is 3. The Bertz CT molecular complexity index is 888. The molecule has 0 fully saturated rings. The lowest BCUT2D eigenvalue weighted by molar-refractivity contribution is -0.140. The van der Waals surface area contributed by atoms with E-state index < -0.39 is 24.0 Å². The molecule has 10 nitrogen and oxygen atoms in total. The molecule has 0 spiro atoms. The largest absolute Gasteiger partial charge is 0.481 e. The van der Waals surface area contributed by atoms with Crippen LogP contribution in [0.15, 0.2) is 23.7 Å². The van der Waals surface area contributed by atoms with Gasteiger partial charge in [-0.25, -0.2) is 14.6 Å². The number of thiazole rings is 1. The molecule has 0 saturated heterocycles. The third-order valence-corrected chi connectivity index (χ3v) is 5.16. The molecule has 0 aliphatic rings. The summed E-state index contributed by atoms with van der Waals surface area (Å²) < 4.78 is 0. The number of unbranched alkanes of at least 4 members (excludes halogenated alkanes) is 2. The highest BCUT2D eigenvalue weighted by atomic mass is 32.1. The number of hydrogen-bond donors (Lipinski definition) is 5. The van der Waals surface area contributed by atoms with E-state index in [1.807, 2.05) is 24.4 Å². The van der Waals surface area contributed by atoms with Gasteiger partial charge in [-0.05, 0) is 44.7 Å². The van der Waals surface area contributed by atoms with E-state index in [0.29, 0.717) is 6.54 Å². The van der Waals surface area contributed by atoms with E-state index in [9.17, 15) is 14.4 Å². The van der Waals surface area contributed by atoms with Crippen molar-refractivity contribution in [3.05, 3.63) is 29.4 Å². The molecule has 2 amide bonds. The number of carbonyl (C=O) groups is 3. The highest BCUT2D eigenvalue weighted by Crippen LogP contribution is 2.24. The molecule has 5 N–H and O–H groups in total. The first kappa shape index (κ1) is 24.1. The Morgan fingerprint density at radius 2 is 1.94 bits per heavy atom. The molecular formula is C20H27N5O5S.